The monoisotopic (exact) mass is 302 g/mol. The fourth-order valence-electron chi connectivity index (χ4n) is 2.72. The first-order valence-corrected chi connectivity index (χ1v) is 7.02. The van der Waals surface area contributed by atoms with Crippen molar-refractivity contribution < 1.29 is 17.9 Å². The predicted octanol–water partition coefficient (Wildman–Crippen LogP) is 3.32. The molecular weight excluding hydrogens is 281 g/mol. The second-order valence-corrected chi connectivity index (χ2v) is 6.03. The summed E-state index contributed by atoms with van der Waals surface area (Å²) in [5, 5.41) is 0. The van der Waals surface area contributed by atoms with Gasteiger partial charge < -0.3 is 10.5 Å². The van der Waals surface area contributed by atoms with E-state index in [9.17, 15) is 13.2 Å². The number of rotatable bonds is 4. The first-order chi connectivity index (χ1) is 9.72. The SMILES string of the molecule is CC(c1ccc(OC(F)(F)F)cc1)N1CCC(C)(CN)C1. The first-order valence-electron chi connectivity index (χ1n) is 7.02. The molecular formula is C15H21F3N2O. The lowest BCUT2D eigenvalue weighted by atomic mass is 9.90. The normalized spacial score (nSPS) is 25.0. The molecule has 1 aliphatic heterocycles. The quantitative estimate of drug-likeness (QED) is 0.927. The zero-order valence-electron chi connectivity index (χ0n) is 12.3. The number of alkyl halides is 3. The van der Waals surface area contributed by atoms with Crippen molar-refractivity contribution in [1.29, 1.82) is 0 Å². The number of hydrogen-bond acceptors (Lipinski definition) is 3. The van der Waals surface area contributed by atoms with Gasteiger partial charge in [-0.25, -0.2) is 0 Å². The molecule has 1 aromatic carbocycles. The standard InChI is InChI=1S/C15H21F3N2O/c1-11(20-8-7-14(2,9-19)10-20)12-3-5-13(6-4-12)21-15(16,17)18/h3-6,11H,7-10,19H2,1-2H3. The molecule has 2 N–H and O–H groups in total. The highest BCUT2D eigenvalue weighted by Gasteiger charge is 2.35. The number of nitrogens with two attached hydrogens (primary N) is 1. The highest BCUT2D eigenvalue weighted by atomic mass is 19.4. The van der Waals surface area contributed by atoms with Gasteiger partial charge in [0.2, 0.25) is 0 Å². The zero-order chi connectivity index (χ0) is 15.7. The molecule has 3 nitrogen and oxygen atoms in total. The second kappa shape index (κ2) is 5.85. The summed E-state index contributed by atoms with van der Waals surface area (Å²) in [5.41, 5.74) is 6.91. The molecule has 2 rings (SSSR count). The van der Waals surface area contributed by atoms with E-state index >= 15 is 0 Å². The Bertz CT molecular complexity index is 475. The number of nitrogens with zero attached hydrogens (tertiary/aromatic N) is 1. The molecule has 6 heteroatoms. The molecule has 1 aliphatic rings. The Morgan fingerprint density at radius 3 is 2.43 bits per heavy atom. The van der Waals surface area contributed by atoms with Crippen LogP contribution in [0.4, 0.5) is 13.2 Å². The van der Waals surface area contributed by atoms with Crippen LogP contribution in [-0.2, 0) is 0 Å². The molecule has 2 unspecified atom stereocenters. The van der Waals surface area contributed by atoms with Crippen LogP contribution in [0.25, 0.3) is 0 Å². The van der Waals surface area contributed by atoms with Crippen molar-refractivity contribution in [2.45, 2.75) is 32.7 Å². The number of ether oxygens (including phenoxy) is 1. The molecule has 0 aliphatic carbocycles. The molecule has 1 aromatic rings. The summed E-state index contributed by atoms with van der Waals surface area (Å²) in [6.45, 7) is 6.73. The number of likely N-dealkylation sites (tertiary alicyclic amines) is 1. The van der Waals surface area contributed by atoms with Gasteiger partial charge in [0.25, 0.3) is 0 Å². The van der Waals surface area contributed by atoms with Gasteiger partial charge in [0, 0.05) is 12.6 Å². The van der Waals surface area contributed by atoms with Crippen LogP contribution in [0.1, 0.15) is 31.9 Å². The van der Waals surface area contributed by atoms with Gasteiger partial charge in [0.15, 0.2) is 0 Å². The van der Waals surface area contributed by atoms with Gasteiger partial charge in [0.05, 0.1) is 0 Å². The average molecular weight is 302 g/mol. The fraction of sp³-hybridized carbons (Fsp3) is 0.600. The van der Waals surface area contributed by atoms with Gasteiger partial charge in [0.1, 0.15) is 5.75 Å². The van der Waals surface area contributed by atoms with Crippen molar-refractivity contribution in [3.8, 4) is 5.75 Å². The van der Waals surface area contributed by atoms with Crippen molar-refractivity contribution in [2.75, 3.05) is 19.6 Å². The second-order valence-electron chi connectivity index (χ2n) is 6.03. The van der Waals surface area contributed by atoms with Gasteiger partial charge in [-0.2, -0.15) is 0 Å². The summed E-state index contributed by atoms with van der Waals surface area (Å²) < 4.78 is 40.3. The van der Waals surface area contributed by atoms with E-state index in [0.717, 1.165) is 25.1 Å². The molecule has 0 spiro atoms. The maximum absolute atomic E-state index is 12.1. The Balaban J connectivity index is 2.02. The van der Waals surface area contributed by atoms with E-state index in [1.54, 1.807) is 12.1 Å². The lowest BCUT2D eigenvalue weighted by Crippen LogP contribution is -2.32. The van der Waals surface area contributed by atoms with E-state index in [2.05, 4.69) is 23.5 Å². The minimum Gasteiger partial charge on any atom is -0.406 e. The first kappa shape index (κ1) is 16.1. The molecule has 0 radical (unpaired) electrons. The molecule has 0 aromatic heterocycles. The van der Waals surface area contributed by atoms with E-state index < -0.39 is 6.36 Å². The Morgan fingerprint density at radius 1 is 1.33 bits per heavy atom. The highest BCUT2D eigenvalue weighted by Crippen LogP contribution is 2.35. The number of hydrogen-bond donors (Lipinski definition) is 1. The molecule has 1 fully saturated rings. The summed E-state index contributed by atoms with van der Waals surface area (Å²) in [6, 6.07) is 6.24. The number of benzene rings is 1. The highest BCUT2D eigenvalue weighted by molar-refractivity contribution is 5.29. The van der Waals surface area contributed by atoms with Crippen LogP contribution < -0.4 is 10.5 Å². The Kier molecular flexibility index (Phi) is 4.49. The van der Waals surface area contributed by atoms with Crippen LogP contribution in [0.2, 0.25) is 0 Å². The third kappa shape index (κ3) is 4.11. The van der Waals surface area contributed by atoms with E-state index in [4.69, 9.17) is 5.73 Å². The van der Waals surface area contributed by atoms with E-state index in [1.807, 2.05) is 0 Å². The maximum Gasteiger partial charge on any atom is 0.573 e. The van der Waals surface area contributed by atoms with Crippen LogP contribution in [0.5, 0.6) is 5.75 Å². The van der Waals surface area contributed by atoms with Gasteiger partial charge in [-0.1, -0.05) is 19.1 Å². The zero-order valence-corrected chi connectivity index (χ0v) is 12.3. The summed E-state index contributed by atoms with van der Waals surface area (Å²) in [5.74, 6) is -0.188. The molecule has 1 saturated heterocycles. The molecule has 1 heterocycles. The van der Waals surface area contributed by atoms with Crippen molar-refractivity contribution in [1.82, 2.24) is 4.90 Å². The summed E-state index contributed by atoms with van der Waals surface area (Å²) in [7, 11) is 0. The molecule has 2 atom stereocenters. The van der Waals surface area contributed by atoms with E-state index in [1.165, 1.54) is 12.1 Å². The van der Waals surface area contributed by atoms with Gasteiger partial charge >= 0.3 is 6.36 Å². The largest absolute Gasteiger partial charge is 0.573 e. The van der Waals surface area contributed by atoms with E-state index in [0.29, 0.717) is 6.54 Å². The fourth-order valence-corrected chi connectivity index (χ4v) is 2.72. The minimum absolute atomic E-state index is 0.133. The smallest absolute Gasteiger partial charge is 0.406 e. The average Bonchev–Trinajstić information content (AvgIpc) is 2.80. The van der Waals surface area contributed by atoms with Gasteiger partial charge in [-0.3, -0.25) is 4.90 Å². The van der Waals surface area contributed by atoms with Crippen molar-refractivity contribution in [3.05, 3.63) is 29.8 Å². The molecule has 0 bridgehead atoms. The molecule has 118 valence electrons. The number of halogens is 3. The van der Waals surface area contributed by atoms with Crippen LogP contribution in [-0.4, -0.2) is 30.9 Å². The van der Waals surface area contributed by atoms with Crippen molar-refractivity contribution in [3.63, 3.8) is 0 Å². The molecule has 21 heavy (non-hydrogen) atoms. The Labute approximate surface area is 122 Å². The lowest BCUT2D eigenvalue weighted by molar-refractivity contribution is -0.274. The van der Waals surface area contributed by atoms with Crippen LogP contribution in [0.15, 0.2) is 24.3 Å². The van der Waals surface area contributed by atoms with Crippen LogP contribution in [0.3, 0.4) is 0 Å². The molecule has 0 saturated carbocycles. The maximum atomic E-state index is 12.1. The third-order valence-electron chi connectivity index (χ3n) is 4.22. The third-order valence-corrected chi connectivity index (χ3v) is 4.22. The van der Waals surface area contributed by atoms with Crippen LogP contribution in [0, 0.1) is 5.41 Å². The van der Waals surface area contributed by atoms with Crippen LogP contribution >= 0.6 is 0 Å². The Morgan fingerprint density at radius 2 is 1.95 bits per heavy atom. The summed E-state index contributed by atoms with van der Waals surface area (Å²) >= 11 is 0. The Hall–Kier alpha value is -1.27. The summed E-state index contributed by atoms with van der Waals surface area (Å²) in [4.78, 5) is 2.31. The lowest BCUT2D eigenvalue weighted by Gasteiger charge is -2.27. The van der Waals surface area contributed by atoms with E-state index in [-0.39, 0.29) is 17.2 Å². The minimum atomic E-state index is -4.65. The van der Waals surface area contributed by atoms with Gasteiger partial charge in [-0.05, 0) is 49.5 Å². The topological polar surface area (TPSA) is 38.5 Å². The van der Waals surface area contributed by atoms with Gasteiger partial charge in [-0.15, -0.1) is 13.2 Å². The van der Waals surface area contributed by atoms with Crippen molar-refractivity contribution in [2.24, 2.45) is 11.1 Å². The molecule has 0 amide bonds. The van der Waals surface area contributed by atoms with Crippen molar-refractivity contribution >= 4 is 0 Å². The predicted molar refractivity (Wildman–Crippen MR) is 74.9 cm³/mol. The summed E-state index contributed by atoms with van der Waals surface area (Å²) in [6.07, 6.45) is -3.60.